The number of aryl methyl sites for hydroxylation is 1. The van der Waals surface area contributed by atoms with Crippen molar-refractivity contribution in [3.05, 3.63) is 57.5 Å². The van der Waals surface area contributed by atoms with Crippen molar-refractivity contribution in [2.24, 2.45) is 0 Å². The molecule has 0 unspecified atom stereocenters. The van der Waals surface area contributed by atoms with Crippen LogP contribution < -0.4 is 10.9 Å². The van der Waals surface area contributed by atoms with Gasteiger partial charge in [-0.2, -0.15) is 9.61 Å². The maximum Gasteiger partial charge on any atom is 0.298 e. The average molecular weight is 286 g/mol. The van der Waals surface area contributed by atoms with E-state index in [0.29, 0.717) is 10.5 Å². The molecule has 100 valence electrons. The molecule has 0 radical (unpaired) electrons. The molecule has 0 aliphatic rings. The third-order valence-electron chi connectivity index (χ3n) is 2.76. The fraction of sp³-hybridized carbons (Fsp3) is 0.0769. The lowest BCUT2D eigenvalue weighted by molar-refractivity contribution is 0.102. The monoisotopic (exact) mass is 286 g/mol. The van der Waals surface area contributed by atoms with Gasteiger partial charge in [0.1, 0.15) is 11.2 Å². The zero-order chi connectivity index (χ0) is 14.1. The first kappa shape index (κ1) is 12.5. The van der Waals surface area contributed by atoms with Gasteiger partial charge >= 0.3 is 0 Å². The Morgan fingerprint density at radius 2 is 2.25 bits per heavy atom. The summed E-state index contributed by atoms with van der Waals surface area (Å²) < 4.78 is 1.16. The third-order valence-corrected chi connectivity index (χ3v) is 3.45. The van der Waals surface area contributed by atoms with Gasteiger partial charge in [-0.3, -0.25) is 9.59 Å². The zero-order valence-electron chi connectivity index (χ0n) is 10.5. The second kappa shape index (κ2) is 4.86. The Bertz CT molecular complexity index is 853. The van der Waals surface area contributed by atoms with Gasteiger partial charge in [-0.25, -0.2) is 4.98 Å². The Labute approximate surface area is 117 Å². The zero-order valence-corrected chi connectivity index (χ0v) is 11.3. The van der Waals surface area contributed by atoms with Gasteiger partial charge in [-0.15, -0.1) is 0 Å². The smallest absolute Gasteiger partial charge is 0.298 e. The highest BCUT2D eigenvalue weighted by molar-refractivity contribution is 7.14. The summed E-state index contributed by atoms with van der Waals surface area (Å²) in [7, 11) is 0. The Morgan fingerprint density at radius 3 is 3.05 bits per heavy atom. The van der Waals surface area contributed by atoms with Gasteiger partial charge < -0.3 is 5.32 Å². The van der Waals surface area contributed by atoms with Crippen molar-refractivity contribution in [2.45, 2.75) is 6.92 Å². The minimum Gasteiger partial charge on any atom is -0.316 e. The molecule has 1 amide bonds. The predicted molar refractivity (Wildman–Crippen MR) is 76.3 cm³/mol. The summed E-state index contributed by atoms with van der Waals surface area (Å²) in [5.41, 5.74) is 2.71. The van der Waals surface area contributed by atoms with Crippen LogP contribution in [0.4, 0.5) is 5.69 Å². The molecule has 7 heteroatoms. The number of nitrogens with one attached hydrogen (secondary N) is 1. The van der Waals surface area contributed by atoms with Gasteiger partial charge in [0.25, 0.3) is 11.5 Å². The molecular weight excluding hydrogens is 276 g/mol. The first-order chi connectivity index (χ1) is 9.65. The lowest BCUT2D eigenvalue weighted by atomic mass is 10.1. The normalized spacial score (nSPS) is 10.7. The summed E-state index contributed by atoms with van der Waals surface area (Å²) >= 11 is 1.26. The van der Waals surface area contributed by atoms with E-state index in [1.165, 1.54) is 23.0 Å². The van der Waals surface area contributed by atoms with Crippen LogP contribution in [0.3, 0.4) is 0 Å². The highest BCUT2D eigenvalue weighted by Gasteiger charge is 2.11. The van der Waals surface area contributed by atoms with Crippen LogP contribution in [0.15, 0.2) is 40.8 Å². The largest absolute Gasteiger partial charge is 0.316 e. The van der Waals surface area contributed by atoms with Crippen LogP contribution in [0, 0.1) is 6.92 Å². The number of hydrogen-bond donors (Lipinski definition) is 1. The van der Waals surface area contributed by atoms with E-state index in [0.717, 1.165) is 10.1 Å². The van der Waals surface area contributed by atoms with Crippen molar-refractivity contribution in [1.82, 2.24) is 14.6 Å². The van der Waals surface area contributed by atoms with Gasteiger partial charge in [-0.1, -0.05) is 29.0 Å². The van der Waals surface area contributed by atoms with E-state index in [-0.39, 0.29) is 11.6 Å². The van der Waals surface area contributed by atoms with E-state index in [2.05, 4.69) is 15.4 Å². The van der Waals surface area contributed by atoms with Crippen molar-refractivity contribution in [1.29, 1.82) is 0 Å². The van der Waals surface area contributed by atoms with Gasteiger partial charge in [0.2, 0.25) is 4.96 Å². The Balaban J connectivity index is 1.95. The van der Waals surface area contributed by atoms with Crippen LogP contribution in [0.5, 0.6) is 0 Å². The number of carbonyl (C=O) groups excluding carboxylic acids is 1. The topological polar surface area (TPSA) is 76.4 Å². The fourth-order valence-corrected chi connectivity index (χ4v) is 2.38. The van der Waals surface area contributed by atoms with Crippen molar-refractivity contribution >= 4 is 27.9 Å². The molecule has 3 aromatic rings. The number of nitrogens with zero attached hydrogens (tertiary/aromatic N) is 3. The summed E-state index contributed by atoms with van der Waals surface area (Å²) in [6.07, 6.45) is 1.35. The Kier molecular flexibility index (Phi) is 3.03. The van der Waals surface area contributed by atoms with E-state index in [4.69, 9.17) is 0 Å². The molecule has 0 aliphatic heterocycles. The summed E-state index contributed by atoms with van der Waals surface area (Å²) in [6, 6.07) is 7.13. The van der Waals surface area contributed by atoms with Gasteiger partial charge in [0.05, 0.1) is 6.20 Å². The molecule has 0 bridgehead atoms. The van der Waals surface area contributed by atoms with Crippen molar-refractivity contribution in [3.8, 4) is 0 Å². The molecule has 0 aliphatic carbocycles. The molecule has 6 nitrogen and oxygen atoms in total. The predicted octanol–water partition coefficient (Wildman–Crippen LogP) is 1.71. The standard InChI is InChI=1S/C13H10N4O2S/c1-8-3-2-4-9(5-8)11(18)16-10-6-14-13-17(12(10)19)15-7-20-13/h2-7H,1H3,(H,16,18). The number of benzene rings is 1. The number of hydrogen-bond acceptors (Lipinski definition) is 5. The molecule has 0 spiro atoms. The van der Waals surface area contributed by atoms with Gasteiger partial charge in [-0.05, 0) is 19.1 Å². The van der Waals surface area contributed by atoms with Crippen LogP contribution in [0.25, 0.3) is 4.96 Å². The second-order valence-electron chi connectivity index (χ2n) is 4.23. The van der Waals surface area contributed by atoms with Crippen LogP contribution in [-0.2, 0) is 0 Å². The fourth-order valence-electron chi connectivity index (χ4n) is 1.80. The molecule has 2 aromatic heterocycles. The molecule has 0 saturated heterocycles. The second-order valence-corrected chi connectivity index (χ2v) is 5.05. The Hall–Kier alpha value is -2.54. The first-order valence-electron chi connectivity index (χ1n) is 5.85. The third kappa shape index (κ3) is 2.19. The molecule has 0 fully saturated rings. The molecule has 1 aromatic carbocycles. The van der Waals surface area contributed by atoms with Crippen molar-refractivity contribution < 1.29 is 4.79 Å². The van der Waals surface area contributed by atoms with Crippen LogP contribution in [-0.4, -0.2) is 20.5 Å². The number of anilines is 1. The van der Waals surface area contributed by atoms with Gasteiger partial charge in [0.15, 0.2) is 0 Å². The van der Waals surface area contributed by atoms with Gasteiger partial charge in [0, 0.05) is 5.56 Å². The number of aromatic nitrogens is 3. The maximum atomic E-state index is 12.1. The van der Waals surface area contributed by atoms with E-state index in [1.54, 1.807) is 18.2 Å². The van der Waals surface area contributed by atoms with Crippen LogP contribution in [0.1, 0.15) is 15.9 Å². The molecule has 20 heavy (non-hydrogen) atoms. The molecular formula is C13H10N4O2S. The SMILES string of the molecule is Cc1cccc(C(=O)Nc2cnc3scnn3c2=O)c1. The summed E-state index contributed by atoms with van der Waals surface area (Å²) in [6.45, 7) is 1.90. The quantitative estimate of drug-likeness (QED) is 0.778. The number of carbonyl (C=O) groups is 1. The minimum absolute atomic E-state index is 0.111. The highest BCUT2D eigenvalue weighted by Crippen LogP contribution is 2.09. The molecule has 0 atom stereocenters. The number of amides is 1. The molecule has 2 heterocycles. The van der Waals surface area contributed by atoms with E-state index >= 15 is 0 Å². The van der Waals surface area contributed by atoms with Crippen molar-refractivity contribution in [2.75, 3.05) is 5.32 Å². The first-order valence-corrected chi connectivity index (χ1v) is 6.72. The average Bonchev–Trinajstić information content (AvgIpc) is 2.91. The van der Waals surface area contributed by atoms with E-state index < -0.39 is 5.56 Å². The van der Waals surface area contributed by atoms with E-state index in [1.807, 2.05) is 13.0 Å². The van der Waals surface area contributed by atoms with Crippen LogP contribution in [0.2, 0.25) is 0 Å². The Morgan fingerprint density at radius 1 is 1.40 bits per heavy atom. The lowest BCUT2D eigenvalue weighted by Gasteiger charge is -2.04. The van der Waals surface area contributed by atoms with Crippen molar-refractivity contribution in [3.63, 3.8) is 0 Å². The summed E-state index contributed by atoms with van der Waals surface area (Å²) in [4.78, 5) is 28.7. The van der Waals surface area contributed by atoms with Crippen LogP contribution >= 0.6 is 11.3 Å². The number of fused-ring (bicyclic) bond motifs is 1. The molecule has 3 rings (SSSR count). The highest BCUT2D eigenvalue weighted by atomic mass is 32.1. The minimum atomic E-state index is -0.391. The maximum absolute atomic E-state index is 12.1. The summed E-state index contributed by atoms with van der Waals surface area (Å²) in [5.74, 6) is -0.345. The summed E-state index contributed by atoms with van der Waals surface area (Å²) in [5, 5.41) is 6.45. The lowest BCUT2D eigenvalue weighted by Crippen LogP contribution is -2.23. The molecule has 0 saturated carbocycles. The molecule has 1 N–H and O–H groups in total. The van der Waals surface area contributed by atoms with E-state index in [9.17, 15) is 9.59 Å². The number of rotatable bonds is 2.